The summed E-state index contributed by atoms with van der Waals surface area (Å²) in [5, 5.41) is 1.76. The van der Waals surface area contributed by atoms with Gasteiger partial charge in [0.05, 0.1) is 6.04 Å². The first-order chi connectivity index (χ1) is 10.7. The predicted octanol–water partition coefficient (Wildman–Crippen LogP) is 2.53. The largest absolute Gasteiger partial charge is 0.304 e. The van der Waals surface area contributed by atoms with Crippen molar-refractivity contribution in [3.8, 4) is 0 Å². The molecule has 1 saturated heterocycles. The van der Waals surface area contributed by atoms with E-state index in [1.165, 1.54) is 4.90 Å². The predicted molar refractivity (Wildman–Crippen MR) is 85.0 cm³/mol. The molecule has 0 bridgehead atoms. The average Bonchev–Trinajstić information content (AvgIpc) is 2.53. The molecule has 2 aliphatic heterocycles. The number of imide groups is 1. The number of rotatable bonds is 1. The number of benzene rings is 2. The van der Waals surface area contributed by atoms with Crippen molar-refractivity contribution < 1.29 is 9.59 Å². The zero-order chi connectivity index (χ0) is 15.3. The van der Waals surface area contributed by atoms with Crippen LogP contribution in [-0.4, -0.2) is 47.8 Å². The van der Waals surface area contributed by atoms with E-state index in [2.05, 4.69) is 4.90 Å². The Kier molecular flexibility index (Phi) is 3.01. The summed E-state index contributed by atoms with van der Waals surface area (Å²) in [5.74, 6) is -0.288. The van der Waals surface area contributed by atoms with Gasteiger partial charge in [-0.1, -0.05) is 24.3 Å². The summed E-state index contributed by atoms with van der Waals surface area (Å²) in [6, 6.07) is 11.3. The molecule has 2 aromatic rings. The van der Waals surface area contributed by atoms with Gasteiger partial charge >= 0.3 is 0 Å². The van der Waals surface area contributed by atoms with Crippen molar-refractivity contribution in [2.45, 2.75) is 18.9 Å². The molecule has 1 fully saturated rings. The lowest BCUT2D eigenvalue weighted by atomic mass is 9.92. The first kappa shape index (κ1) is 13.5. The van der Waals surface area contributed by atoms with Crippen LogP contribution in [0.25, 0.3) is 10.8 Å². The van der Waals surface area contributed by atoms with Crippen molar-refractivity contribution in [3.63, 3.8) is 0 Å². The van der Waals surface area contributed by atoms with E-state index >= 15 is 0 Å². The van der Waals surface area contributed by atoms with Crippen LogP contribution in [0.2, 0.25) is 0 Å². The fourth-order valence-electron chi connectivity index (χ4n) is 3.73. The molecule has 0 radical (unpaired) electrons. The van der Waals surface area contributed by atoms with Gasteiger partial charge in [0.15, 0.2) is 0 Å². The molecule has 0 aromatic heterocycles. The minimum atomic E-state index is -0.144. The lowest BCUT2D eigenvalue weighted by Crippen LogP contribution is -2.53. The molecule has 4 rings (SSSR count). The Hall–Kier alpha value is -2.20. The number of hydrogen-bond donors (Lipinski definition) is 0. The van der Waals surface area contributed by atoms with Gasteiger partial charge in [-0.05, 0) is 44.0 Å². The molecule has 2 amide bonds. The Morgan fingerprint density at radius 2 is 1.64 bits per heavy atom. The van der Waals surface area contributed by atoms with Crippen molar-refractivity contribution in [2.24, 2.45) is 0 Å². The fourth-order valence-corrected chi connectivity index (χ4v) is 3.73. The maximum absolute atomic E-state index is 12.9. The van der Waals surface area contributed by atoms with Gasteiger partial charge in [0.25, 0.3) is 11.8 Å². The highest BCUT2D eigenvalue weighted by Crippen LogP contribution is 2.32. The van der Waals surface area contributed by atoms with Gasteiger partial charge in [-0.3, -0.25) is 14.5 Å². The summed E-state index contributed by atoms with van der Waals surface area (Å²) in [4.78, 5) is 29.5. The van der Waals surface area contributed by atoms with Crippen LogP contribution < -0.4 is 0 Å². The molecule has 2 aromatic carbocycles. The number of piperidine rings is 1. The van der Waals surface area contributed by atoms with E-state index in [-0.39, 0.29) is 17.9 Å². The maximum Gasteiger partial charge on any atom is 0.261 e. The number of likely N-dealkylation sites (N-methyl/N-ethyl adjacent to an activating group) is 1. The number of amides is 2. The summed E-state index contributed by atoms with van der Waals surface area (Å²) in [6.45, 7) is 1.79. The minimum absolute atomic E-state index is 0.0256. The van der Waals surface area contributed by atoms with Crippen LogP contribution in [0.1, 0.15) is 33.6 Å². The Morgan fingerprint density at radius 3 is 2.23 bits per heavy atom. The molecule has 4 nitrogen and oxygen atoms in total. The summed E-state index contributed by atoms with van der Waals surface area (Å²) in [6.07, 6.45) is 1.91. The first-order valence-corrected chi connectivity index (χ1v) is 7.75. The van der Waals surface area contributed by atoms with E-state index < -0.39 is 0 Å². The highest BCUT2D eigenvalue weighted by atomic mass is 16.2. The number of likely N-dealkylation sites (tertiary alicyclic amines) is 1. The summed E-state index contributed by atoms with van der Waals surface area (Å²) in [5.41, 5.74) is 1.31. The SMILES string of the molecule is CN1CCCC(N2C(=O)c3cccc4cccc(c34)C2=O)C1. The van der Waals surface area contributed by atoms with Crippen LogP contribution in [0.15, 0.2) is 36.4 Å². The van der Waals surface area contributed by atoms with Crippen LogP contribution in [0.3, 0.4) is 0 Å². The molecule has 0 spiro atoms. The second-order valence-corrected chi connectivity index (χ2v) is 6.25. The van der Waals surface area contributed by atoms with E-state index in [0.717, 1.165) is 36.7 Å². The molecule has 112 valence electrons. The summed E-state index contributed by atoms with van der Waals surface area (Å²) in [7, 11) is 2.04. The second-order valence-electron chi connectivity index (χ2n) is 6.25. The van der Waals surface area contributed by atoms with Gasteiger partial charge in [0.1, 0.15) is 0 Å². The van der Waals surface area contributed by atoms with Crippen LogP contribution in [-0.2, 0) is 0 Å². The first-order valence-electron chi connectivity index (χ1n) is 7.75. The van der Waals surface area contributed by atoms with Crippen molar-refractivity contribution in [1.82, 2.24) is 9.80 Å². The molecule has 0 N–H and O–H groups in total. The zero-order valence-corrected chi connectivity index (χ0v) is 12.6. The van der Waals surface area contributed by atoms with Gasteiger partial charge in [-0.15, -0.1) is 0 Å². The number of carbonyl (C=O) groups is 2. The van der Waals surface area contributed by atoms with Gasteiger partial charge in [0, 0.05) is 23.1 Å². The van der Waals surface area contributed by atoms with E-state index in [0.29, 0.717) is 11.1 Å². The second kappa shape index (κ2) is 4.92. The van der Waals surface area contributed by atoms with Crippen LogP contribution in [0.4, 0.5) is 0 Å². The van der Waals surface area contributed by atoms with Crippen molar-refractivity contribution in [2.75, 3.05) is 20.1 Å². The van der Waals surface area contributed by atoms with Gasteiger partial charge in [-0.25, -0.2) is 0 Å². The van der Waals surface area contributed by atoms with Crippen molar-refractivity contribution in [3.05, 3.63) is 47.5 Å². The lowest BCUT2D eigenvalue weighted by molar-refractivity contribution is 0.0458. The van der Waals surface area contributed by atoms with E-state index in [9.17, 15) is 9.59 Å². The third-order valence-electron chi connectivity index (χ3n) is 4.77. The number of hydrogen-bond acceptors (Lipinski definition) is 3. The third kappa shape index (κ3) is 1.87. The van der Waals surface area contributed by atoms with Gasteiger partial charge in [-0.2, -0.15) is 0 Å². The quantitative estimate of drug-likeness (QED) is 0.759. The minimum Gasteiger partial charge on any atom is -0.304 e. The Labute approximate surface area is 129 Å². The maximum atomic E-state index is 12.9. The molecule has 22 heavy (non-hydrogen) atoms. The fraction of sp³-hybridized carbons (Fsp3) is 0.333. The summed E-state index contributed by atoms with van der Waals surface area (Å²) >= 11 is 0. The van der Waals surface area contributed by atoms with Crippen molar-refractivity contribution >= 4 is 22.6 Å². The average molecular weight is 294 g/mol. The molecular weight excluding hydrogens is 276 g/mol. The third-order valence-corrected chi connectivity index (χ3v) is 4.77. The molecular formula is C18H18N2O2. The number of nitrogens with zero attached hydrogens (tertiary/aromatic N) is 2. The Bertz CT molecular complexity index is 733. The topological polar surface area (TPSA) is 40.6 Å². The monoisotopic (exact) mass is 294 g/mol. The molecule has 0 saturated carbocycles. The molecule has 4 heteroatoms. The Balaban J connectivity index is 1.85. The van der Waals surface area contributed by atoms with Gasteiger partial charge < -0.3 is 4.90 Å². The van der Waals surface area contributed by atoms with E-state index in [1.54, 1.807) is 0 Å². The lowest BCUT2D eigenvalue weighted by Gasteiger charge is -2.38. The summed E-state index contributed by atoms with van der Waals surface area (Å²) < 4.78 is 0. The highest BCUT2D eigenvalue weighted by molar-refractivity contribution is 6.25. The van der Waals surface area contributed by atoms with Gasteiger partial charge in [0.2, 0.25) is 0 Å². The molecule has 0 aliphatic carbocycles. The standard InChI is InChI=1S/C18H18N2O2/c1-19-10-4-7-13(11-19)20-17(21)14-8-2-5-12-6-3-9-15(16(12)14)18(20)22/h2-3,5-6,8-9,13H,4,7,10-11H2,1H3. The van der Waals surface area contributed by atoms with Crippen LogP contribution >= 0.6 is 0 Å². The van der Waals surface area contributed by atoms with E-state index in [1.807, 2.05) is 43.4 Å². The van der Waals surface area contributed by atoms with Crippen LogP contribution in [0.5, 0.6) is 0 Å². The molecule has 1 atom stereocenters. The smallest absolute Gasteiger partial charge is 0.261 e. The normalized spacial score (nSPS) is 22.4. The highest BCUT2D eigenvalue weighted by Gasteiger charge is 2.38. The number of carbonyl (C=O) groups excluding carboxylic acids is 2. The Morgan fingerprint density at radius 1 is 1.00 bits per heavy atom. The molecule has 1 unspecified atom stereocenters. The van der Waals surface area contributed by atoms with Crippen LogP contribution in [0, 0.1) is 0 Å². The molecule has 2 heterocycles. The zero-order valence-electron chi connectivity index (χ0n) is 12.6. The van der Waals surface area contributed by atoms with Crippen molar-refractivity contribution in [1.29, 1.82) is 0 Å². The van der Waals surface area contributed by atoms with E-state index in [4.69, 9.17) is 0 Å². The molecule has 2 aliphatic rings.